The highest BCUT2D eigenvalue weighted by Gasteiger charge is 2.18. The highest BCUT2D eigenvalue weighted by Crippen LogP contribution is 2.17. The maximum Gasteiger partial charge on any atom is 0.412 e. The van der Waals surface area contributed by atoms with E-state index in [2.05, 4.69) is 5.32 Å². The van der Waals surface area contributed by atoms with Crippen LogP contribution in [0.1, 0.15) is 54.0 Å². The van der Waals surface area contributed by atoms with Gasteiger partial charge in [0, 0.05) is 44.0 Å². The van der Waals surface area contributed by atoms with Crippen LogP contribution in [-0.2, 0) is 11.3 Å². The Kier molecular flexibility index (Phi) is 7.80. The lowest BCUT2D eigenvalue weighted by Gasteiger charge is -2.22. The van der Waals surface area contributed by atoms with E-state index in [9.17, 15) is 14.4 Å². The van der Waals surface area contributed by atoms with Crippen molar-refractivity contribution >= 4 is 23.6 Å². The van der Waals surface area contributed by atoms with Crippen molar-refractivity contribution in [3.05, 3.63) is 65.2 Å². The summed E-state index contributed by atoms with van der Waals surface area (Å²) in [6.45, 7) is 8.19. The molecule has 7 nitrogen and oxygen atoms in total. The molecular weight excluding hydrogens is 394 g/mol. The largest absolute Gasteiger partial charge is 0.444 e. The number of hydrogen-bond acceptors (Lipinski definition) is 4. The topological polar surface area (TPSA) is 79.0 Å². The van der Waals surface area contributed by atoms with E-state index in [0.717, 1.165) is 5.56 Å². The van der Waals surface area contributed by atoms with Gasteiger partial charge in [0.25, 0.3) is 11.8 Å². The van der Waals surface area contributed by atoms with Crippen molar-refractivity contribution in [2.24, 2.45) is 0 Å². The third-order valence-electron chi connectivity index (χ3n) is 4.40. The predicted molar refractivity (Wildman–Crippen MR) is 121 cm³/mol. The minimum atomic E-state index is -0.608. The molecule has 1 N–H and O–H groups in total. The molecule has 2 aromatic rings. The van der Waals surface area contributed by atoms with E-state index in [0.29, 0.717) is 29.9 Å². The van der Waals surface area contributed by atoms with Crippen molar-refractivity contribution in [1.82, 2.24) is 9.80 Å². The van der Waals surface area contributed by atoms with Gasteiger partial charge in [-0.3, -0.25) is 14.9 Å². The molecule has 31 heavy (non-hydrogen) atoms. The van der Waals surface area contributed by atoms with Crippen LogP contribution in [0, 0.1) is 0 Å². The fourth-order valence-corrected chi connectivity index (χ4v) is 2.89. The first-order valence-corrected chi connectivity index (χ1v) is 10.2. The fraction of sp³-hybridized carbons (Fsp3) is 0.375. The number of anilines is 1. The first kappa shape index (κ1) is 23.9. The average molecular weight is 426 g/mol. The van der Waals surface area contributed by atoms with Gasteiger partial charge >= 0.3 is 6.09 Å². The first-order valence-electron chi connectivity index (χ1n) is 10.2. The molecule has 0 unspecified atom stereocenters. The van der Waals surface area contributed by atoms with E-state index in [4.69, 9.17) is 4.74 Å². The van der Waals surface area contributed by atoms with Gasteiger partial charge in [-0.25, -0.2) is 4.79 Å². The normalized spacial score (nSPS) is 10.9. The van der Waals surface area contributed by atoms with Gasteiger partial charge in [0.2, 0.25) is 0 Å². The van der Waals surface area contributed by atoms with Gasteiger partial charge in [0.15, 0.2) is 0 Å². The molecule has 2 rings (SSSR count). The summed E-state index contributed by atoms with van der Waals surface area (Å²) in [7, 11) is 3.42. The number of ether oxygens (including phenoxy) is 1. The Bertz CT molecular complexity index is 931. The molecule has 0 spiro atoms. The maximum atomic E-state index is 13.0. The number of benzene rings is 2. The Morgan fingerprint density at radius 1 is 0.935 bits per heavy atom. The third kappa shape index (κ3) is 7.13. The van der Waals surface area contributed by atoms with E-state index < -0.39 is 11.7 Å². The highest BCUT2D eigenvalue weighted by molar-refractivity contribution is 5.96. The second-order valence-electron chi connectivity index (χ2n) is 8.42. The molecule has 0 aliphatic heterocycles. The van der Waals surface area contributed by atoms with Crippen LogP contribution < -0.4 is 5.32 Å². The monoisotopic (exact) mass is 425 g/mol. The molecule has 2 aromatic carbocycles. The molecule has 0 radical (unpaired) electrons. The van der Waals surface area contributed by atoms with Crippen molar-refractivity contribution in [2.75, 3.05) is 26.0 Å². The van der Waals surface area contributed by atoms with E-state index in [1.165, 1.54) is 4.90 Å². The molecule has 0 bridgehead atoms. The van der Waals surface area contributed by atoms with Crippen LogP contribution in [-0.4, -0.2) is 53.9 Å². The maximum absolute atomic E-state index is 13.0. The Hall–Kier alpha value is -3.35. The number of rotatable bonds is 6. The van der Waals surface area contributed by atoms with Gasteiger partial charge < -0.3 is 14.5 Å². The van der Waals surface area contributed by atoms with Crippen LogP contribution >= 0.6 is 0 Å². The zero-order valence-electron chi connectivity index (χ0n) is 19.1. The average Bonchev–Trinajstić information content (AvgIpc) is 2.70. The summed E-state index contributed by atoms with van der Waals surface area (Å²) in [5, 5.41) is 2.66. The second-order valence-corrected chi connectivity index (χ2v) is 8.42. The minimum absolute atomic E-state index is 0.0655. The number of amides is 3. The quantitative estimate of drug-likeness (QED) is 0.744. The predicted octanol–water partition coefficient (Wildman–Crippen LogP) is 4.40. The highest BCUT2D eigenvalue weighted by atomic mass is 16.6. The van der Waals surface area contributed by atoms with Crippen LogP contribution in [0.5, 0.6) is 0 Å². The van der Waals surface area contributed by atoms with E-state index in [-0.39, 0.29) is 11.8 Å². The minimum Gasteiger partial charge on any atom is -0.444 e. The summed E-state index contributed by atoms with van der Waals surface area (Å²) in [6, 6.07) is 14.0. The third-order valence-corrected chi connectivity index (χ3v) is 4.40. The zero-order chi connectivity index (χ0) is 23.2. The number of hydrogen-bond donors (Lipinski definition) is 1. The van der Waals surface area contributed by atoms with Gasteiger partial charge in [-0.1, -0.05) is 18.2 Å². The van der Waals surface area contributed by atoms with Gasteiger partial charge in [-0.15, -0.1) is 0 Å². The lowest BCUT2D eigenvalue weighted by molar-refractivity contribution is 0.0634. The SMILES string of the molecule is CCN(Cc1ccc(C(=O)N(C)C)cc1)C(=O)c1cccc(NC(=O)OC(C)(C)C)c1. The van der Waals surface area contributed by atoms with Gasteiger partial charge in [0.05, 0.1) is 0 Å². The van der Waals surface area contributed by atoms with Crippen molar-refractivity contribution in [3.8, 4) is 0 Å². The van der Waals surface area contributed by atoms with Crippen LogP contribution in [0.3, 0.4) is 0 Å². The summed E-state index contributed by atoms with van der Waals surface area (Å²) in [6.07, 6.45) is -0.572. The molecule has 0 aliphatic carbocycles. The Morgan fingerprint density at radius 2 is 1.58 bits per heavy atom. The number of carbonyl (C=O) groups is 3. The first-order chi connectivity index (χ1) is 14.5. The lowest BCUT2D eigenvalue weighted by atomic mass is 10.1. The number of nitrogens with zero attached hydrogens (tertiary/aromatic N) is 2. The molecule has 0 heterocycles. The molecule has 0 aliphatic rings. The summed E-state index contributed by atoms with van der Waals surface area (Å²) in [5.41, 5.74) is 1.87. The van der Waals surface area contributed by atoms with Crippen LogP contribution in [0.4, 0.5) is 10.5 Å². The standard InChI is InChI=1S/C24H31N3O4/c1-7-27(16-17-11-13-18(14-12-17)21(28)26(5)6)22(29)19-9-8-10-20(15-19)25-23(30)31-24(2,3)4/h8-15H,7,16H2,1-6H3,(H,25,30). The Labute approximate surface area is 184 Å². The van der Waals surface area contributed by atoms with E-state index in [1.54, 1.807) is 76.2 Å². The van der Waals surface area contributed by atoms with Crippen molar-refractivity contribution in [2.45, 2.75) is 39.8 Å². The summed E-state index contributed by atoms with van der Waals surface area (Å²) in [4.78, 5) is 40.3. The van der Waals surface area contributed by atoms with E-state index in [1.807, 2.05) is 19.1 Å². The van der Waals surface area contributed by atoms with Crippen molar-refractivity contribution in [3.63, 3.8) is 0 Å². The molecule has 0 fully saturated rings. The lowest BCUT2D eigenvalue weighted by Crippen LogP contribution is -2.30. The molecule has 3 amide bonds. The molecule has 0 atom stereocenters. The number of nitrogens with one attached hydrogen (secondary N) is 1. The molecule has 0 aromatic heterocycles. The summed E-state index contributed by atoms with van der Waals surface area (Å²) in [5.74, 6) is -0.215. The van der Waals surface area contributed by atoms with Gasteiger partial charge in [0.1, 0.15) is 5.60 Å². The van der Waals surface area contributed by atoms with Gasteiger partial charge in [-0.05, 0) is 63.6 Å². The fourth-order valence-electron chi connectivity index (χ4n) is 2.89. The molecule has 166 valence electrons. The number of carbonyl (C=O) groups excluding carboxylic acids is 3. The van der Waals surface area contributed by atoms with E-state index >= 15 is 0 Å². The van der Waals surface area contributed by atoms with Crippen LogP contribution in [0.15, 0.2) is 48.5 Å². The van der Waals surface area contributed by atoms with Crippen LogP contribution in [0.2, 0.25) is 0 Å². The molecule has 0 saturated heterocycles. The van der Waals surface area contributed by atoms with Gasteiger partial charge in [-0.2, -0.15) is 0 Å². The Morgan fingerprint density at radius 3 is 2.13 bits per heavy atom. The summed E-state index contributed by atoms with van der Waals surface area (Å²) >= 11 is 0. The molecule has 0 saturated carbocycles. The zero-order valence-corrected chi connectivity index (χ0v) is 19.1. The van der Waals surface area contributed by atoms with Crippen molar-refractivity contribution in [1.29, 1.82) is 0 Å². The summed E-state index contributed by atoms with van der Waals surface area (Å²) < 4.78 is 5.26. The van der Waals surface area contributed by atoms with Crippen molar-refractivity contribution < 1.29 is 19.1 Å². The van der Waals surface area contributed by atoms with Crippen LogP contribution in [0.25, 0.3) is 0 Å². The Balaban J connectivity index is 2.10. The molecular formula is C24H31N3O4. The smallest absolute Gasteiger partial charge is 0.412 e. The second kappa shape index (κ2) is 10.1. The molecule has 7 heteroatoms.